The average molecular weight is 131 g/mol. The molecule has 5 heteroatoms. The van der Waals surface area contributed by atoms with Crippen LogP contribution in [0.15, 0.2) is 0 Å². The Balaban J connectivity index is 2.64. The summed E-state index contributed by atoms with van der Waals surface area (Å²) in [5.74, 6) is -0.329. The lowest BCUT2D eigenvalue weighted by atomic mass is 10.7. The van der Waals surface area contributed by atoms with Crippen molar-refractivity contribution in [3.63, 3.8) is 0 Å². The van der Waals surface area contributed by atoms with Gasteiger partial charge in [-0.1, -0.05) is 0 Å². The SMILES string of the molecule is O=C1CN([S-])C(=O)N1. The predicted molar refractivity (Wildman–Crippen MR) is 27.6 cm³/mol. The third-order valence-corrected chi connectivity index (χ3v) is 1.06. The minimum atomic E-state index is -0.495. The zero-order valence-corrected chi connectivity index (χ0v) is 4.70. The average Bonchev–Trinajstić information content (AvgIpc) is 1.85. The van der Waals surface area contributed by atoms with Crippen LogP contribution in [0.3, 0.4) is 0 Å². The van der Waals surface area contributed by atoms with Gasteiger partial charge >= 0.3 is 6.03 Å². The molecule has 0 bridgehead atoms. The minimum absolute atomic E-state index is 0.00810. The highest BCUT2D eigenvalue weighted by molar-refractivity contribution is 7.56. The summed E-state index contributed by atoms with van der Waals surface area (Å²) >= 11 is 4.40. The Morgan fingerprint density at radius 2 is 2.25 bits per heavy atom. The van der Waals surface area contributed by atoms with Crippen LogP contribution in [0.4, 0.5) is 4.79 Å². The normalized spacial score (nSPS) is 19.4. The van der Waals surface area contributed by atoms with Gasteiger partial charge in [-0.2, -0.15) is 0 Å². The van der Waals surface area contributed by atoms with Gasteiger partial charge in [-0.15, -0.1) is 0 Å². The standard InChI is InChI=1S/C3H3N2O2S/c6-2-1-5(8)3(7)4-2/h1H2,(H,4,6,7)/q-1. The van der Waals surface area contributed by atoms with E-state index in [2.05, 4.69) is 12.8 Å². The molecule has 8 heavy (non-hydrogen) atoms. The topological polar surface area (TPSA) is 49.4 Å². The van der Waals surface area contributed by atoms with Crippen LogP contribution in [-0.4, -0.2) is 22.8 Å². The van der Waals surface area contributed by atoms with E-state index in [9.17, 15) is 9.59 Å². The minimum Gasteiger partial charge on any atom is -0.662 e. The van der Waals surface area contributed by atoms with Gasteiger partial charge in [0.1, 0.15) is 0 Å². The van der Waals surface area contributed by atoms with Crippen LogP contribution in [0.25, 0.3) is 0 Å². The van der Waals surface area contributed by atoms with Crippen LogP contribution in [-0.2, 0) is 17.6 Å². The Bertz CT molecular complexity index is 146. The van der Waals surface area contributed by atoms with Gasteiger partial charge in [0, 0.05) is 0 Å². The lowest BCUT2D eigenvalue weighted by Crippen LogP contribution is -2.23. The molecule has 3 amide bonds. The Labute approximate surface area is 51.4 Å². The van der Waals surface area contributed by atoms with E-state index in [4.69, 9.17) is 0 Å². The molecule has 0 atom stereocenters. The number of rotatable bonds is 0. The van der Waals surface area contributed by atoms with Crippen molar-refractivity contribution in [2.45, 2.75) is 0 Å². The fraction of sp³-hybridized carbons (Fsp3) is 0.333. The van der Waals surface area contributed by atoms with Crippen LogP contribution >= 0.6 is 0 Å². The summed E-state index contributed by atoms with van der Waals surface area (Å²) in [6, 6.07) is -0.495. The maximum atomic E-state index is 10.3. The first-order chi connectivity index (χ1) is 3.70. The highest BCUT2D eigenvalue weighted by Gasteiger charge is 2.16. The third-order valence-electron chi connectivity index (χ3n) is 0.760. The third kappa shape index (κ3) is 0.764. The molecule has 0 aromatic rings. The first kappa shape index (κ1) is 5.43. The Morgan fingerprint density at radius 3 is 2.38 bits per heavy atom. The molecule has 1 fully saturated rings. The molecule has 1 aliphatic rings. The molecule has 0 unspecified atom stereocenters. The second-order valence-electron chi connectivity index (χ2n) is 1.39. The molecule has 1 rings (SSSR count). The van der Waals surface area contributed by atoms with Gasteiger partial charge in [0.05, 0.1) is 6.54 Å². The molecule has 1 N–H and O–H groups in total. The first-order valence-corrected chi connectivity index (χ1v) is 2.35. The van der Waals surface area contributed by atoms with E-state index in [1.165, 1.54) is 0 Å². The number of nitrogens with one attached hydrogen (secondary N) is 1. The van der Waals surface area contributed by atoms with Crippen molar-refractivity contribution in [1.82, 2.24) is 9.62 Å². The molecular formula is C3H3N2O2S-. The van der Waals surface area contributed by atoms with Gasteiger partial charge in [-0.05, 0) is 0 Å². The Kier molecular flexibility index (Phi) is 1.13. The molecule has 44 valence electrons. The zero-order valence-electron chi connectivity index (χ0n) is 3.88. The number of carbonyl (C=O) groups excluding carboxylic acids is 2. The van der Waals surface area contributed by atoms with E-state index in [0.29, 0.717) is 0 Å². The molecule has 0 aromatic carbocycles. The first-order valence-electron chi connectivity index (χ1n) is 1.98. The molecule has 4 nitrogen and oxygen atoms in total. The van der Waals surface area contributed by atoms with Gasteiger partial charge in [0.15, 0.2) is 0 Å². The van der Waals surface area contributed by atoms with Gasteiger partial charge in [0.2, 0.25) is 5.91 Å². The number of urea groups is 1. The lowest BCUT2D eigenvalue weighted by molar-refractivity contribution is -0.118. The van der Waals surface area contributed by atoms with Crippen molar-refractivity contribution in [3.05, 3.63) is 0 Å². The number of imide groups is 1. The molecule has 0 radical (unpaired) electrons. The quantitative estimate of drug-likeness (QED) is 0.339. The van der Waals surface area contributed by atoms with E-state index in [1.807, 2.05) is 5.32 Å². The van der Waals surface area contributed by atoms with Crippen LogP contribution in [0.1, 0.15) is 0 Å². The maximum absolute atomic E-state index is 10.3. The highest BCUT2D eigenvalue weighted by Crippen LogP contribution is 1.91. The molecule has 1 aliphatic heterocycles. The highest BCUT2D eigenvalue weighted by atomic mass is 32.1. The molecule has 0 aliphatic carbocycles. The summed E-state index contributed by atoms with van der Waals surface area (Å²) in [6.45, 7) is 0.00810. The summed E-state index contributed by atoms with van der Waals surface area (Å²) in [5.41, 5.74) is 0. The second kappa shape index (κ2) is 1.66. The summed E-state index contributed by atoms with van der Waals surface area (Å²) in [6.07, 6.45) is 0. The van der Waals surface area contributed by atoms with E-state index in [-0.39, 0.29) is 12.5 Å². The summed E-state index contributed by atoms with van der Waals surface area (Å²) in [5, 5.41) is 2.01. The summed E-state index contributed by atoms with van der Waals surface area (Å²) in [4.78, 5) is 20.5. The lowest BCUT2D eigenvalue weighted by Gasteiger charge is -2.17. The molecule has 1 saturated heterocycles. The zero-order chi connectivity index (χ0) is 6.15. The predicted octanol–water partition coefficient (Wildman–Crippen LogP) is -1.000. The van der Waals surface area contributed by atoms with Crippen molar-refractivity contribution in [1.29, 1.82) is 0 Å². The number of carbonyl (C=O) groups is 2. The van der Waals surface area contributed by atoms with E-state index in [0.717, 1.165) is 4.31 Å². The summed E-state index contributed by atoms with van der Waals surface area (Å²) < 4.78 is 0.905. The monoisotopic (exact) mass is 131 g/mol. The van der Waals surface area contributed by atoms with Crippen molar-refractivity contribution < 1.29 is 9.59 Å². The molecular weight excluding hydrogens is 128 g/mol. The molecule has 0 spiro atoms. The fourth-order valence-corrected chi connectivity index (χ4v) is 0.586. The fourth-order valence-electron chi connectivity index (χ4n) is 0.423. The van der Waals surface area contributed by atoms with Crippen LogP contribution in [0.5, 0.6) is 0 Å². The largest absolute Gasteiger partial charge is 0.662 e. The van der Waals surface area contributed by atoms with E-state index in [1.54, 1.807) is 0 Å². The summed E-state index contributed by atoms with van der Waals surface area (Å²) in [7, 11) is 0. The van der Waals surface area contributed by atoms with Gasteiger partial charge < -0.3 is 17.1 Å². The Hall–Kier alpha value is -0.710. The van der Waals surface area contributed by atoms with Gasteiger partial charge in [-0.25, -0.2) is 0 Å². The van der Waals surface area contributed by atoms with Gasteiger partial charge in [0.25, 0.3) is 0 Å². The van der Waals surface area contributed by atoms with Crippen molar-refractivity contribution in [2.75, 3.05) is 6.54 Å². The van der Waals surface area contributed by atoms with Crippen molar-refractivity contribution in [2.24, 2.45) is 0 Å². The Morgan fingerprint density at radius 1 is 1.62 bits per heavy atom. The van der Waals surface area contributed by atoms with Crippen molar-refractivity contribution >= 4 is 24.8 Å². The number of amides is 3. The van der Waals surface area contributed by atoms with E-state index < -0.39 is 6.03 Å². The smallest absolute Gasteiger partial charge is 0.302 e. The number of hydrogen-bond donors (Lipinski definition) is 1. The van der Waals surface area contributed by atoms with Crippen molar-refractivity contribution in [3.8, 4) is 0 Å². The number of hydrogen-bond acceptors (Lipinski definition) is 3. The van der Waals surface area contributed by atoms with Gasteiger partial charge in [-0.3, -0.25) is 14.9 Å². The molecule has 0 saturated carbocycles. The molecule has 0 aromatic heterocycles. The van der Waals surface area contributed by atoms with Crippen LogP contribution in [0.2, 0.25) is 0 Å². The molecule has 1 heterocycles. The van der Waals surface area contributed by atoms with E-state index >= 15 is 0 Å². The van der Waals surface area contributed by atoms with Crippen LogP contribution in [0, 0.1) is 0 Å². The second-order valence-corrected chi connectivity index (χ2v) is 1.83. The maximum Gasteiger partial charge on any atom is 0.302 e. The number of nitrogens with zero attached hydrogens (tertiary/aromatic N) is 1. The van der Waals surface area contributed by atoms with Crippen LogP contribution < -0.4 is 5.32 Å².